The van der Waals surface area contributed by atoms with Gasteiger partial charge in [0.15, 0.2) is 0 Å². The molecule has 0 bridgehead atoms. The quantitative estimate of drug-likeness (QED) is 0.162. The molecule has 0 aliphatic heterocycles. The van der Waals surface area contributed by atoms with Crippen molar-refractivity contribution in [2.45, 2.75) is 5.41 Å². The van der Waals surface area contributed by atoms with Crippen molar-refractivity contribution in [3.8, 4) is 61.5 Å². The molecule has 0 amide bonds. The van der Waals surface area contributed by atoms with Crippen LogP contribution in [0.4, 0.5) is 0 Å². The van der Waals surface area contributed by atoms with E-state index in [1.807, 2.05) is 0 Å². The number of benzene rings is 10. The Morgan fingerprint density at radius 1 is 0.297 bits per heavy atom. The number of nitrogens with zero attached hydrogens (tertiary/aromatic N) is 2. The Kier molecular flexibility index (Phi) is 7.35. The summed E-state index contributed by atoms with van der Waals surface area (Å²) in [4.78, 5) is 5.61. The number of para-hydroxylation sites is 3. The second kappa shape index (κ2) is 13.3. The fourth-order valence-corrected chi connectivity index (χ4v) is 11.5. The molecule has 2 heteroatoms. The van der Waals surface area contributed by atoms with E-state index in [0.717, 1.165) is 44.4 Å². The summed E-state index contributed by atoms with van der Waals surface area (Å²) in [5.41, 5.74) is 21.6. The summed E-state index contributed by atoms with van der Waals surface area (Å²) in [6.07, 6.45) is 0. The Morgan fingerprint density at radius 2 is 0.844 bits per heavy atom. The monoisotopic (exact) mass is 810 g/mol. The lowest BCUT2D eigenvalue weighted by Crippen LogP contribution is -2.25. The Morgan fingerprint density at radius 3 is 1.55 bits per heavy atom. The van der Waals surface area contributed by atoms with E-state index < -0.39 is 0 Å². The molecule has 0 saturated heterocycles. The first-order valence-electron chi connectivity index (χ1n) is 22.2. The van der Waals surface area contributed by atoms with Gasteiger partial charge in [-0.15, -0.1) is 0 Å². The lowest BCUT2D eigenvalue weighted by Gasteiger charge is -2.30. The average molecular weight is 811 g/mol. The Bertz CT molecular complexity index is 3810. The second-order valence-electron chi connectivity index (χ2n) is 17.4. The van der Waals surface area contributed by atoms with E-state index in [1.165, 1.54) is 82.8 Å². The van der Waals surface area contributed by atoms with E-state index in [9.17, 15) is 0 Å². The molecule has 2 heterocycles. The highest BCUT2D eigenvalue weighted by molar-refractivity contribution is 6.21. The fraction of sp³-hybridized carbons (Fsp3) is 0.0161. The van der Waals surface area contributed by atoms with Gasteiger partial charge in [-0.25, -0.2) is 4.98 Å². The third-order valence-corrected chi connectivity index (χ3v) is 14.2. The summed E-state index contributed by atoms with van der Waals surface area (Å²) >= 11 is 0. The van der Waals surface area contributed by atoms with Crippen molar-refractivity contribution >= 4 is 43.5 Å². The largest absolute Gasteiger partial charge is 0.309 e. The highest BCUT2D eigenvalue weighted by Crippen LogP contribution is 2.63. The molecule has 0 saturated carbocycles. The van der Waals surface area contributed by atoms with E-state index in [0.29, 0.717) is 0 Å². The first-order chi connectivity index (χ1) is 31.8. The van der Waals surface area contributed by atoms with Gasteiger partial charge in [-0.1, -0.05) is 194 Å². The van der Waals surface area contributed by atoms with Crippen molar-refractivity contribution in [1.29, 1.82) is 0 Å². The van der Waals surface area contributed by atoms with Crippen LogP contribution in [0.25, 0.3) is 105 Å². The van der Waals surface area contributed by atoms with Gasteiger partial charge in [-0.3, -0.25) is 0 Å². The van der Waals surface area contributed by atoms with E-state index >= 15 is 0 Å². The van der Waals surface area contributed by atoms with Gasteiger partial charge in [0.05, 0.1) is 27.7 Å². The topological polar surface area (TPSA) is 17.8 Å². The van der Waals surface area contributed by atoms with Crippen LogP contribution in [-0.4, -0.2) is 9.55 Å². The van der Waals surface area contributed by atoms with E-state index in [4.69, 9.17) is 4.98 Å². The first-order valence-corrected chi connectivity index (χ1v) is 22.2. The third-order valence-electron chi connectivity index (χ3n) is 14.2. The Labute approximate surface area is 371 Å². The van der Waals surface area contributed by atoms with Crippen molar-refractivity contribution in [2.75, 3.05) is 0 Å². The van der Waals surface area contributed by atoms with Crippen molar-refractivity contribution in [2.24, 2.45) is 0 Å². The maximum absolute atomic E-state index is 5.61. The van der Waals surface area contributed by atoms with E-state index in [-0.39, 0.29) is 5.41 Å². The summed E-state index contributed by atoms with van der Waals surface area (Å²) in [5.74, 6) is 0. The maximum Gasteiger partial charge on any atom is 0.0794 e. The average Bonchev–Trinajstić information content (AvgIpc) is 3.97. The molecule has 0 radical (unpaired) electrons. The summed E-state index contributed by atoms with van der Waals surface area (Å²) in [6, 6.07) is 85.0. The van der Waals surface area contributed by atoms with Crippen molar-refractivity contribution < 1.29 is 0 Å². The number of hydrogen-bond acceptors (Lipinski definition) is 1. The van der Waals surface area contributed by atoms with E-state index in [1.54, 1.807) is 0 Å². The molecule has 12 aromatic rings. The molecule has 296 valence electrons. The number of pyridine rings is 1. The molecule has 2 aliphatic rings. The summed E-state index contributed by atoms with van der Waals surface area (Å²) in [7, 11) is 0. The SMILES string of the molecule is c1ccc(-c2nc3c(-c4ccc(-c5ccc6c(c5)C5(c7ccccc7-c7ccccc75)c5ccccc5-6)cc4)cccc3c3cc4c(cc23)c2ccccc2n4-c2ccccc2)cc1. The van der Waals surface area contributed by atoms with Crippen LogP contribution in [-0.2, 0) is 5.41 Å². The van der Waals surface area contributed by atoms with Crippen molar-refractivity contribution in [3.05, 3.63) is 253 Å². The van der Waals surface area contributed by atoms with Gasteiger partial charge in [-0.2, -0.15) is 0 Å². The smallest absolute Gasteiger partial charge is 0.0794 e. The molecular formula is C62H38N2. The fourth-order valence-electron chi connectivity index (χ4n) is 11.5. The van der Waals surface area contributed by atoms with Crippen LogP contribution in [0, 0.1) is 0 Å². The van der Waals surface area contributed by atoms with E-state index in [2.05, 4.69) is 235 Å². The molecule has 0 N–H and O–H groups in total. The maximum atomic E-state index is 5.61. The molecule has 0 atom stereocenters. The van der Waals surface area contributed by atoms with Crippen LogP contribution in [0.1, 0.15) is 22.3 Å². The van der Waals surface area contributed by atoms with Gasteiger partial charge in [0.1, 0.15) is 0 Å². The minimum Gasteiger partial charge on any atom is -0.309 e. The lowest BCUT2D eigenvalue weighted by molar-refractivity contribution is 0.794. The van der Waals surface area contributed by atoms with Gasteiger partial charge in [0.25, 0.3) is 0 Å². The summed E-state index contributed by atoms with van der Waals surface area (Å²) in [6.45, 7) is 0. The van der Waals surface area contributed by atoms with Crippen LogP contribution < -0.4 is 0 Å². The predicted molar refractivity (Wildman–Crippen MR) is 266 cm³/mol. The van der Waals surface area contributed by atoms with Crippen molar-refractivity contribution in [1.82, 2.24) is 9.55 Å². The van der Waals surface area contributed by atoms with Crippen LogP contribution in [0.15, 0.2) is 231 Å². The second-order valence-corrected chi connectivity index (χ2v) is 17.4. The van der Waals surface area contributed by atoms with Crippen LogP contribution in [0.5, 0.6) is 0 Å². The Balaban J connectivity index is 0.947. The van der Waals surface area contributed by atoms with Gasteiger partial charge in [0.2, 0.25) is 0 Å². The molecule has 2 nitrogen and oxygen atoms in total. The van der Waals surface area contributed by atoms with Crippen LogP contribution in [0.2, 0.25) is 0 Å². The van der Waals surface area contributed by atoms with Crippen LogP contribution in [0.3, 0.4) is 0 Å². The molecule has 0 fully saturated rings. The summed E-state index contributed by atoms with van der Waals surface area (Å²) in [5, 5.41) is 5.94. The molecule has 2 aromatic heterocycles. The molecule has 2 aliphatic carbocycles. The van der Waals surface area contributed by atoms with Gasteiger partial charge in [-0.05, 0) is 103 Å². The number of hydrogen-bond donors (Lipinski definition) is 0. The molecule has 64 heavy (non-hydrogen) atoms. The minimum absolute atomic E-state index is 0.371. The zero-order valence-electron chi connectivity index (χ0n) is 34.8. The summed E-state index contributed by atoms with van der Waals surface area (Å²) < 4.78 is 2.41. The van der Waals surface area contributed by atoms with Gasteiger partial charge >= 0.3 is 0 Å². The van der Waals surface area contributed by atoms with Crippen molar-refractivity contribution in [3.63, 3.8) is 0 Å². The van der Waals surface area contributed by atoms with Gasteiger partial charge < -0.3 is 4.57 Å². The predicted octanol–water partition coefficient (Wildman–Crippen LogP) is 15.8. The molecule has 14 rings (SSSR count). The van der Waals surface area contributed by atoms with Crippen LogP contribution >= 0.6 is 0 Å². The Hall–Kier alpha value is -8.33. The molecule has 10 aromatic carbocycles. The van der Waals surface area contributed by atoms with Gasteiger partial charge in [0, 0.05) is 38.4 Å². The first kappa shape index (κ1) is 35.3. The normalized spacial score (nSPS) is 13.1. The lowest BCUT2D eigenvalue weighted by atomic mass is 9.70. The zero-order valence-corrected chi connectivity index (χ0v) is 34.8. The third kappa shape index (κ3) is 4.77. The highest BCUT2D eigenvalue weighted by atomic mass is 15.0. The number of aromatic nitrogens is 2. The number of rotatable bonds is 4. The minimum atomic E-state index is -0.371. The number of fused-ring (bicyclic) bond motifs is 16. The highest BCUT2D eigenvalue weighted by Gasteiger charge is 2.51. The zero-order chi connectivity index (χ0) is 41.9. The molecule has 0 unspecified atom stereocenters. The standard InChI is InChI=1S/C62H38N2/c1-3-16-41(17-4-1)60-53-37-52-49-23-10-14-29-58(49)64(43-18-5-2-6-19-43)59(52)38-51(53)50-25-15-24-44(61(50)63-60)40-32-30-39(31-33-40)42-34-35-48-47-22-9-13-28-56(47)62(57(48)36-42)54-26-11-7-20-45(54)46-21-8-12-27-55(46)62/h1-38H. The molecule has 1 spiro atoms. The molecular weight excluding hydrogens is 773 g/mol.